The van der Waals surface area contributed by atoms with Crippen LogP contribution in [-0.4, -0.2) is 25.5 Å². The van der Waals surface area contributed by atoms with Gasteiger partial charge in [-0.15, -0.1) is 0 Å². The molecule has 0 radical (unpaired) electrons. The van der Waals surface area contributed by atoms with Crippen molar-refractivity contribution in [3.8, 4) is 0 Å². The number of guanidine groups is 1. The zero-order chi connectivity index (χ0) is 20.1. The number of furan rings is 1. The number of carbonyl (C=O) groups is 1. The number of hydrogen-bond donors (Lipinski definition) is 2. The topological polar surface area (TPSA) is 69.9 Å². The molecule has 3 aromatic rings. The fourth-order valence-electron chi connectivity index (χ4n) is 3.54. The summed E-state index contributed by atoms with van der Waals surface area (Å²) in [5.74, 6) is 1.44. The first-order chi connectivity index (χ1) is 14.2. The zero-order valence-electron chi connectivity index (χ0n) is 16.4. The van der Waals surface area contributed by atoms with E-state index in [1.54, 1.807) is 19.4 Å². The van der Waals surface area contributed by atoms with Gasteiger partial charge in [-0.25, -0.2) is 0 Å². The normalized spacial score (nSPS) is 13.3. The van der Waals surface area contributed by atoms with Crippen LogP contribution in [0.1, 0.15) is 27.2 Å². The van der Waals surface area contributed by atoms with E-state index in [2.05, 4.69) is 44.8 Å². The number of hydrogen-bond acceptors (Lipinski definition) is 3. The van der Waals surface area contributed by atoms with E-state index in [0.29, 0.717) is 18.7 Å². The molecule has 4 rings (SSSR count). The molecule has 0 unspecified atom stereocenters. The van der Waals surface area contributed by atoms with Gasteiger partial charge in [-0.3, -0.25) is 9.79 Å². The molecule has 0 saturated carbocycles. The third-order valence-electron chi connectivity index (χ3n) is 5.00. The van der Waals surface area contributed by atoms with E-state index < -0.39 is 0 Å². The molecule has 1 aromatic heterocycles. The molecule has 1 amide bonds. The van der Waals surface area contributed by atoms with Gasteiger partial charge in [0.1, 0.15) is 5.76 Å². The molecule has 1 aliphatic rings. The van der Waals surface area contributed by atoms with E-state index in [1.807, 2.05) is 30.3 Å². The maximum absolute atomic E-state index is 12.4. The largest absolute Gasteiger partial charge is 0.467 e. The molecule has 0 saturated heterocycles. The first-order valence-corrected chi connectivity index (χ1v) is 9.70. The molecule has 6 heteroatoms. The summed E-state index contributed by atoms with van der Waals surface area (Å²) in [5.41, 5.74) is 4.18. The molecule has 2 heterocycles. The van der Waals surface area contributed by atoms with Gasteiger partial charge in [0.2, 0.25) is 0 Å². The number of nitrogens with one attached hydrogen (secondary N) is 2. The van der Waals surface area contributed by atoms with Gasteiger partial charge in [-0.1, -0.05) is 30.3 Å². The number of anilines is 1. The Bertz CT molecular complexity index is 1010. The van der Waals surface area contributed by atoms with Crippen molar-refractivity contribution >= 4 is 17.6 Å². The Morgan fingerprint density at radius 1 is 1.07 bits per heavy atom. The summed E-state index contributed by atoms with van der Waals surface area (Å²) in [6, 6.07) is 19.7. The van der Waals surface area contributed by atoms with Gasteiger partial charge in [0.15, 0.2) is 5.96 Å². The fourth-order valence-corrected chi connectivity index (χ4v) is 3.54. The Balaban J connectivity index is 1.38. The van der Waals surface area contributed by atoms with Gasteiger partial charge in [0, 0.05) is 31.4 Å². The molecule has 0 aliphatic carbocycles. The van der Waals surface area contributed by atoms with Gasteiger partial charge in [0.25, 0.3) is 5.91 Å². The minimum absolute atomic E-state index is 0.124. The maximum Gasteiger partial charge on any atom is 0.251 e. The van der Waals surface area contributed by atoms with E-state index in [0.717, 1.165) is 30.2 Å². The number of amides is 1. The molecule has 1 aliphatic heterocycles. The third kappa shape index (κ3) is 4.32. The van der Waals surface area contributed by atoms with E-state index in [9.17, 15) is 4.79 Å². The van der Waals surface area contributed by atoms with Crippen molar-refractivity contribution in [3.63, 3.8) is 0 Å². The Hall–Kier alpha value is -3.54. The standard InChI is InChI=1S/C23H24N4O2/c1-24-23(27-12-11-18-7-2-3-10-21(18)27)26-15-17-6-4-8-19(14-17)22(28)25-16-20-9-5-13-29-20/h2-10,13-14H,11-12,15-16H2,1H3,(H,24,26)(H,25,28). The molecule has 148 valence electrons. The quantitative estimate of drug-likeness (QED) is 0.520. The van der Waals surface area contributed by atoms with Crippen molar-refractivity contribution in [3.05, 3.63) is 89.4 Å². The summed E-state index contributed by atoms with van der Waals surface area (Å²) in [6.07, 6.45) is 2.61. The molecule has 0 spiro atoms. The van der Waals surface area contributed by atoms with E-state index >= 15 is 0 Å². The van der Waals surface area contributed by atoms with Crippen molar-refractivity contribution in [1.29, 1.82) is 0 Å². The third-order valence-corrected chi connectivity index (χ3v) is 5.00. The van der Waals surface area contributed by atoms with Crippen LogP contribution < -0.4 is 15.5 Å². The number of nitrogens with zero attached hydrogens (tertiary/aromatic N) is 2. The Kier molecular flexibility index (Phi) is 5.61. The van der Waals surface area contributed by atoms with Crippen LogP contribution in [0.15, 0.2) is 76.3 Å². The average molecular weight is 388 g/mol. The lowest BCUT2D eigenvalue weighted by Crippen LogP contribution is -2.40. The molecule has 29 heavy (non-hydrogen) atoms. The smallest absolute Gasteiger partial charge is 0.251 e. The monoisotopic (exact) mass is 388 g/mol. The fraction of sp³-hybridized carbons (Fsp3) is 0.217. The van der Waals surface area contributed by atoms with Crippen molar-refractivity contribution in [2.75, 3.05) is 18.5 Å². The lowest BCUT2D eigenvalue weighted by molar-refractivity contribution is 0.0948. The van der Waals surface area contributed by atoms with Crippen molar-refractivity contribution in [1.82, 2.24) is 10.6 Å². The Labute approximate surface area is 170 Å². The molecule has 0 bridgehead atoms. The van der Waals surface area contributed by atoms with Crippen LogP contribution in [0.25, 0.3) is 0 Å². The molecule has 6 nitrogen and oxygen atoms in total. The summed E-state index contributed by atoms with van der Waals surface area (Å²) in [5, 5.41) is 6.29. The van der Waals surface area contributed by atoms with Gasteiger partial charge in [-0.05, 0) is 47.9 Å². The molecule has 0 fully saturated rings. The lowest BCUT2D eigenvalue weighted by Gasteiger charge is -2.22. The van der Waals surface area contributed by atoms with Crippen molar-refractivity contribution in [2.45, 2.75) is 19.5 Å². The van der Waals surface area contributed by atoms with Crippen LogP contribution in [0.3, 0.4) is 0 Å². The number of carbonyl (C=O) groups excluding carboxylic acids is 1. The Morgan fingerprint density at radius 2 is 1.97 bits per heavy atom. The van der Waals surface area contributed by atoms with Crippen LogP contribution >= 0.6 is 0 Å². The minimum atomic E-state index is -0.124. The van der Waals surface area contributed by atoms with Crippen LogP contribution in [0.4, 0.5) is 5.69 Å². The first-order valence-electron chi connectivity index (χ1n) is 9.70. The predicted molar refractivity (Wildman–Crippen MR) is 114 cm³/mol. The highest BCUT2D eigenvalue weighted by Gasteiger charge is 2.22. The molecular weight excluding hydrogens is 364 g/mol. The number of fused-ring (bicyclic) bond motifs is 1. The number of aliphatic imine (C=N–C) groups is 1. The summed E-state index contributed by atoms with van der Waals surface area (Å²) in [6.45, 7) is 1.87. The zero-order valence-corrected chi connectivity index (χ0v) is 16.4. The summed E-state index contributed by atoms with van der Waals surface area (Å²) in [7, 11) is 1.79. The summed E-state index contributed by atoms with van der Waals surface area (Å²) in [4.78, 5) is 19.1. The van der Waals surface area contributed by atoms with E-state index in [1.165, 1.54) is 11.3 Å². The van der Waals surface area contributed by atoms with E-state index in [-0.39, 0.29) is 5.91 Å². The molecular formula is C23H24N4O2. The van der Waals surface area contributed by atoms with Gasteiger partial charge < -0.3 is 20.0 Å². The highest BCUT2D eigenvalue weighted by molar-refractivity contribution is 5.98. The van der Waals surface area contributed by atoms with Gasteiger partial charge >= 0.3 is 0 Å². The second-order valence-corrected chi connectivity index (χ2v) is 6.89. The number of rotatable bonds is 5. The Morgan fingerprint density at radius 3 is 2.79 bits per heavy atom. The summed E-state index contributed by atoms with van der Waals surface area (Å²) >= 11 is 0. The SMILES string of the molecule is CN=C(NCc1cccc(C(=O)NCc2ccco2)c1)N1CCc2ccccc21. The van der Waals surface area contributed by atoms with Crippen LogP contribution in [0.5, 0.6) is 0 Å². The van der Waals surface area contributed by atoms with Crippen LogP contribution in [0, 0.1) is 0 Å². The minimum Gasteiger partial charge on any atom is -0.467 e. The highest BCUT2D eigenvalue weighted by atomic mass is 16.3. The van der Waals surface area contributed by atoms with Crippen molar-refractivity contribution in [2.24, 2.45) is 4.99 Å². The van der Waals surface area contributed by atoms with Crippen LogP contribution in [-0.2, 0) is 19.5 Å². The second kappa shape index (κ2) is 8.65. The highest BCUT2D eigenvalue weighted by Crippen LogP contribution is 2.27. The number of benzene rings is 2. The lowest BCUT2D eigenvalue weighted by atomic mass is 10.1. The van der Waals surface area contributed by atoms with Gasteiger partial charge in [-0.2, -0.15) is 0 Å². The maximum atomic E-state index is 12.4. The van der Waals surface area contributed by atoms with Crippen molar-refractivity contribution < 1.29 is 9.21 Å². The second-order valence-electron chi connectivity index (χ2n) is 6.89. The first kappa shape index (κ1) is 18.8. The molecule has 2 aromatic carbocycles. The van der Waals surface area contributed by atoms with Crippen LogP contribution in [0.2, 0.25) is 0 Å². The molecule has 0 atom stereocenters. The average Bonchev–Trinajstić information content (AvgIpc) is 3.43. The predicted octanol–water partition coefficient (Wildman–Crippen LogP) is 3.35. The molecule has 2 N–H and O–H groups in total. The van der Waals surface area contributed by atoms with E-state index in [4.69, 9.17) is 4.42 Å². The van der Waals surface area contributed by atoms with Gasteiger partial charge in [0.05, 0.1) is 12.8 Å². The number of para-hydroxylation sites is 1. The summed E-state index contributed by atoms with van der Waals surface area (Å²) < 4.78 is 5.25.